The average molecular weight is 389 g/mol. The van der Waals surface area contributed by atoms with E-state index in [1.54, 1.807) is 31.2 Å². The maximum atomic E-state index is 11.1. The molecule has 2 rings (SSSR count). The van der Waals surface area contributed by atoms with Crippen molar-refractivity contribution in [3.8, 4) is 23.1 Å². The lowest BCUT2D eigenvalue weighted by molar-refractivity contribution is 0.143. The minimum Gasteiger partial charge on any atom is -0.490 e. The summed E-state index contributed by atoms with van der Waals surface area (Å²) in [5, 5.41) is 21.2. The number of nitrogens with one attached hydrogen (secondary N) is 1. The second-order valence-electron chi connectivity index (χ2n) is 6.91. The van der Waals surface area contributed by atoms with Gasteiger partial charge in [-0.1, -0.05) is 13.8 Å². The third kappa shape index (κ3) is 5.83. The van der Waals surface area contributed by atoms with Crippen molar-refractivity contribution in [1.82, 2.24) is 15.3 Å². The molecule has 1 aromatic carbocycles. The van der Waals surface area contributed by atoms with E-state index in [4.69, 9.17) is 21.4 Å². The minimum atomic E-state index is -1.11. The predicted molar refractivity (Wildman–Crippen MR) is 102 cm³/mol. The summed E-state index contributed by atoms with van der Waals surface area (Å²) in [5.41, 5.74) is 0.850. The first kappa shape index (κ1) is 20.5. The first-order chi connectivity index (χ1) is 12.7. The van der Waals surface area contributed by atoms with Gasteiger partial charge < -0.3 is 15.2 Å². The van der Waals surface area contributed by atoms with E-state index in [-0.39, 0.29) is 17.8 Å². The molecule has 0 aliphatic rings. The smallest absolute Gasteiger partial charge is 0.405 e. The van der Waals surface area contributed by atoms with E-state index in [1.807, 2.05) is 13.8 Å². The Morgan fingerprint density at radius 3 is 2.78 bits per heavy atom. The van der Waals surface area contributed by atoms with E-state index in [1.165, 1.54) is 6.20 Å². The van der Waals surface area contributed by atoms with Crippen molar-refractivity contribution >= 4 is 17.7 Å². The molecule has 8 heteroatoms. The first-order valence-electron chi connectivity index (χ1n) is 8.39. The molecule has 0 aliphatic carbocycles. The highest BCUT2D eigenvalue weighted by Gasteiger charge is 2.29. The van der Waals surface area contributed by atoms with Crippen LogP contribution in [0.25, 0.3) is 11.3 Å². The van der Waals surface area contributed by atoms with Crippen LogP contribution in [-0.2, 0) is 0 Å². The summed E-state index contributed by atoms with van der Waals surface area (Å²) in [4.78, 5) is 19.1. The minimum absolute atomic E-state index is 0.102. The number of amides is 1. The zero-order valence-corrected chi connectivity index (χ0v) is 16.1. The topological polar surface area (TPSA) is 108 Å². The summed E-state index contributed by atoms with van der Waals surface area (Å²) in [6, 6.07) is 8.88. The highest BCUT2D eigenvalue weighted by atomic mass is 35.5. The van der Waals surface area contributed by atoms with Gasteiger partial charge >= 0.3 is 6.09 Å². The van der Waals surface area contributed by atoms with Crippen molar-refractivity contribution < 1.29 is 14.6 Å². The van der Waals surface area contributed by atoms with E-state index in [0.717, 1.165) is 0 Å². The Morgan fingerprint density at radius 2 is 2.19 bits per heavy atom. The Labute approximate surface area is 163 Å². The Hall–Kier alpha value is -2.85. The lowest BCUT2D eigenvalue weighted by Gasteiger charge is -2.31. The molecule has 142 valence electrons. The van der Waals surface area contributed by atoms with Crippen molar-refractivity contribution in [3.05, 3.63) is 41.3 Å². The number of hydrogen-bond acceptors (Lipinski definition) is 5. The molecule has 1 amide bonds. The number of rotatable bonds is 7. The quantitative estimate of drug-likeness (QED) is 0.690. The fourth-order valence-corrected chi connectivity index (χ4v) is 3.09. The van der Waals surface area contributed by atoms with Gasteiger partial charge in [0.05, 0.1) is 16.8 Å². The van der Waals surface area contributed by atoms with Crippen molar-refractivity contribution in [2.45, 2.75) is 32.7 Å². The maximum absolute atomic E-state index is 11.1. The number of halogens is 1. The fraction of sp³-hybridized carbons (Fsp3) is 0.368. The fourth-order valence-electron chi connectivity index (χ4n) is 2.94. The predicted octanol–water partition coefficient (Wildman–Crippen LogP) is 4.12. The summed E-state index contributed by atoms with van der Waals surface area (Å²) in [7, 11) is 0. The first-order valence-corrected chi connectivity index (χ1v) is 8.77. The van der Waals surface area contributed by atoms with Gasteiger partial charge in [-0.2, -0.15) is 5.26 Å². The van der Waals surface area contributed by atoms with Crippen molar-refractivity contribution in [1.29, 1.82) is 5.26 Å². The standard InChI is InChI=1S/C19H21ClN4O3/c1-12(2)9-19(3,24-18(25)26)11-27-16-5-4-13(8-14(16)10-21)15-6-7-22-17(20)23-15/h4-8,12,24H,9,11H2,1-3H3,(H,25,26). The molecule has 1 unspecified atom stereocenters. The van der Waals surface area contributed by atoms with Gasteiger partial charge in [-0.15, -0.1) is 0 Å². The Kier molecular flexibility index (Phi) is 6.59. The third-order valence-corrected chi connectivity index (χ3v) is 4.02. The highest BCUT2D eigenvalue weighted by molar-refractivity contribution is 6.28. The average Bonchev–Trinajstić information content (AvgIpc) is 2.58. The van der Waals surface area contributed by atoms with Crippen molar-refractivity contribution in [2.75, 3.05) is 6.61 Å². The molecule has 0 aliphatic heterocycles. The molecule has 1 atom stereocenters. The molecule has 0 saturated heterocycles. The lowest BCUT2D eigenvalue weighted by Crippen LogP contribution is -2.50. The Bertz CT molecular complexity index is 866. The summed E-state index contributed by atoms with van der Waals surface area (Å²) in [5.74, 6) is 0.648. The number of nitrogens with zero attached hydrogens (tertiary/aromatic N) is 3. The van der Waals surface area contributed by atoms with Gasteiger partial charge in [-0.25, -0.2) is 14.8 Å². The van der Waals surface area contributed by atoms with Crippen molar-refractivity contribution in [3.63, 3.8) is 0 Å². The van der Waals surface area contributed by atoms with E-state index < -0.39 is 11.6 Å². The van der Waals surface area contributed by atoms with Crippen LogP contribution >= 0.6 is 11.6 Å². The number of aromatic nitrogens is 2. The zero-order chi connectivity index (χ0) is 20.0. The van der Waals surface area contributed by atoms with Gasteiger partial charge in [0.2, 0.25) is 5.28 Å². The maximum Gasteiger partial charge on any atom is 0.405 e. The molecule has 1 aromatic heterocycles. The zero-order valence-electron chi connectivity index (χ0n) is 15.4. The van der Waals surface area contributed by atoms with Gasteiger partial charge in [-0.05, 0) is 55.1 Å². The van der Waals surface area contributed by atoms with E-state index >= 15 is 0 Å². The number of carbonyl (C=O) groups is 1. The number of nitriles is 1. The molecular formula is C19H21ClN4O3. The van der Waals surface area contributed by atoms with Crippen LogP contribution in [-0.4, -0.2) is 33.3 Å². The molecule has 2 N–H and O–H groups in total. The number of ether oxygens (including phenoxy) is 1. The molecule has 0 spiro atoms. The molecular weight excluding hydrogens is 368 g/mol. The van der Waals surface area contributed by atoms with Crippen LogP contribution in [0.5, 0.6) is 5.75 Å². The van der Waals surface area contributed by atoms with E-state index in [9.17, 15) is 10.1 Å². The Balaban J connectivity index is 2.23. The van der Waals surface area contributed by atoms with Crippen LogP contribution in [0.2, 0.25) is 5.28 Å². The Morgan fingerprint density at radius 1 is 1.44 bits per heavy atom. The molecule has 0 fully saturated rings. The van der Waals surface area contributed by atoms with Crippen molar-refractivity contribution in [2.24, 2.45) is 5.92 Å². The molecule has 2 aromatic rings. The summed E-state index contributed by atoms with van der Waals surface area (Å²) in [6.45, 7) is 5.89. The van der Waals surface area contributed by atoms with Gasteiger partial charge in [0.15, 0.2) is 0 Å². The van der Waals surface area contributed by atoms with Crippen LogP contribution in [0.1, 0.15) is 32.8 Å². The van der Waals surface area contributed by atoms with Gasteiger partial charge in [0.1, 0.15) is 18.4 Å². The summed E-state index contributed by atoms with van der Waals surface area (Å²) < 4.78 is 5.80. The molecule has 0 radical (unpaired) electrons. The van der Waals surface area contributed by atoms with Gasteiger partial charge in [0, 0.05) is 11.8 Å². The number of benzene rings is 1. The molecule has 1 heterocycles. The van der Waals surface area contributed by atoms with Crippen LogP contribution in [0.3, 0.4) is 0 Å². The molecule has 27 heavy (non-hydrogen) atoms. The molecule has 7 nitrogen and oxygen atoms in total. The van der Waals surface area contributed by atoms with Crippen LogP contribution in [0, 0.1) is 17.2 Å². The molecule has 0 saturated carbocycles. The van der Waals surface area contributed by atoms with Crippen LogP contribution in [0.4, 0.5) is 4.79 Å². The molecule has 0 bridgehead atoms. The largest absolute Gasteiger partial charge is 0.490 e. The second kappa shape index (κ2) is 8.69. The third-order valence-electron chi connectivity index (χ3n) is 3.84. The summed E-state index contributed by atoms with van der Waals surface area (Å²) in [6.07, 6.45) is 1.02. The van der Waals surface area contributed by atoms with Gasteiger partial charge in [-0.3, -0.25) is 0 Å². The number of carboxylic acid groups (broad SMARTS) is 1. The second-order valence-corrected chi connectivity index (χ2v) is 7.25. The highest BCUT2D eigenvalue weighted by Crippen LogP contribution is 2.27. The normalized spacial score (nSPS) is 12.9. The van der Waals surface area contributed by atoms with Gasteiger partial charge in [0.25, 0.3) is 0 Å². The van der Waals surface area contributed by atoms with Crippen LogP contribution < -0.4 is 10.1 Å². The number of hydrogen-bond donors (Lipinski definition) is 2. The summed E-state index contributed by atoms with van der Waals surface area (Å²) >= 11 is 5.82. The lowest BCUT2D eigenvalue weighted by atomic mass is 9.91. The van der Waals surface area contributed by atoms with Crippen LogP contribution in [0.15, 0.2) is 30.5 Å². The van der Waals surface area contributed by atoms with E-state index in [0.29, 0.717) is 29.0 Å². The SMILES string of the molecule is CC(C)CC(C)(COc1ccc(-c2ccnc(Cl)n2)cc1C#N)NC(=O)O. The monoisotopic (exact) mass is 388 g/mol. The van der Waals surface area contributed by atoms with E-state index in [2.05, 4.69) is 21.4 Å².